The van der Waals surface area contributed by atoms with Gasteiger partial charge in [0.25, 0.3) is 0 Å². The molecule has 0 bridgehead atoms. The van der Waals surface area contributed by atoms with Crippen LogP contribution in [0.15, 0.2) is 0 Å². The minimum Gasteiger partial charge on any atom is -0.481 e. The third-order valence-electron chi connectivity index (χ3n) is 12.0. The molecule has 67 heavy (non-hydrogen) atoms. The Morgan fingerprint density at radius 2 is 1.06 bits per heavy atom. The second-order valence-electron chi connectivity index (χ2n) is 16.7. The van der Waals surface area contributed by atoms with Crippen LogP contribution in [0.5, 0.6) is 0 Å². The van der Waals surface area contributed by atoms with Crippen LogP contribution in [0.1, 0.15) is 71.1 Å². The molecule has 4 heterocycles. The number of carbonyl (C=O) groups is 12. The van der Waals surface area contributed by atoms with Crippen LogP contribution in [0, 0.1) is 0 Å². The Bertz CT molecular complexity index is 1920. The summed E-state index contributed by atoms with van der Waals surface area (Å²) in [6.45, 7) is -1.62. The van der Waals surface area contributed by atoms with E-state index in [0.717, 1.165) is 4.90 Å². The van der Waals surface area contributed by atoms with Gasteiger partial charge in [-0.3, -0.25) is 52.7 Å². The highest BCUT2D eigenvalue weighted by atomic mass is 16.4. The molecule has 0 radical (unpaired) electrons. The van der Waals surface area contributed by atoms with Crippen molar-refractivity contribution in [3.63, 3.8) is 0 Å². The van der Waals surface area contributed by atoms with Gasteiger partial charge in [-0.25, -0.2) is 4.79 Å². The number of amides is 10. The van der Waals surface area contributed by atoms with Crippen molar-refractivity contribution in [3.05, 3.63) is 0 Å². The van der Waals surface area contributed by atoms with Crippen LogP contribution in [0.4, 0.5) is 0 Å². The fourth-order valence-electron chi connectivity index (χ4n) is 8.45. The van der Waals surface area contributed by atoms with Crippen LogP contribution < -0.4 is 37.6 Å². The van der Waals surface area contributed by atoms with Crippen molar-refractivity contribution in [1.29, 1.82) is 0 Å². The molecule has 4 fully saturated rings. The molecule has 0 aliphatic carbocycles. The Kier molecular flexibility index (Phi) is 19.7. The lowest BCUT2D eigenvalue weighted by Gasteiger charge is -2.34. The zero-order valence-electron chi connectivity index (χ0n) is 37.1. The number of carboxylic acid groups (broad SMARTS) is 2. The first-order valence-electron chi connectivity index (χ1n) is 22.1. The molecule has 4 aliphatic rings. The summed E-state index contributed by atoms with van der Waals surface area (Å²) >= 11 is 0. The molecule has 0 spiro atoms. The Labute approximate surface area is 384 Å². The van der Waals surface area contributed by atoms with Crippen LogP contribution in [0.25, 0.3) is 0 Å². The topological polar surface area (TPSA) is 397 Å². The number of carbonyl (C=O) groups excluding carboxylic acids is 10. The summed E-state index contributed by atoms with van der Waals surface area (Å²) in [6.07, 6.45) is 2.49. The number of aliphatic carboxylic acids is 2. The van der Waals surface area contributed by atoms with E-state index in [1.165, 1.54) is 21.6 Å². The molecule has 27 nitrogen and oxygen atoms in total. The minimum atomic E-state index is -1.68. The third kappa shape index (κ3) is 14.3. The van der Waals surface area contributed by atoms with Gasteiger partial charge >= 0.3 is 11.9 Å². The smallest absolute Gasteiger partial charge is 0.326 e. The maximum Gasteiger partial charge on any atom is 0.326 e. The summed E-state index contributed by atoms with van der Waals surface area (Å²) in [6, 6.07) is -9.56. The molecular formula is C40H61N11O16. The van der Waals surface area contributed by atoms with Gasteiger partial charge in [-0.1, -0.05) is 0 Å². The quantitative estimate of drug-likeness (QED) is 0.0480. The van der Waals surface area contributed by atoms with E-state index in [1.807, 2.05) is 0 Å². The average molecular weight is 952 g/mol. The number of hydrogen-bond acceptors (Lipinski definition) is 15. The van der Waals surface area contributed by atoms with Gasteiger partial charge in [0.1, 0.15) is 42.3 Å². The fourth-order valence-corrected chi connectivity index (χ4v) is 8.45. The first-order valence-corrected chi connectivity index (χ1v) is 22.1. The predicted molar refractivity (Wildman–Crippen MR) is 226 cm³/mol. The Hall–Kier alpha value is -6.48. The molecule has 0 aromatic heterocycles. The Balaban J connectivity index is 1.21. The predicted octanol–water partition coefficient (Wildman–Crippen LogP) is -6.97. The summed E-state index contributed by atoms with van der Waals surface area (Å²) in [4.78, 5) is 157. The zero-order valence-corrected chi connectivity index (χ0v) is 37.1. The summed E-state index contributed by atoms with van der Waals surface area (Å²) < 4.78 is 0. The van der Waals surface area contributed by atoms with E-state index in [9.17, 15) is 72.9 Å². The van der Waals surface area contributed by atoms with Crippen molar-refractivity contribution >= 4 is 71.0 Å². The Morgan fingerprint density at radius 1 is 0.567 bits per heavy atom. The van der Waals surface area contributed by atoms with Crippen LogP contribution in [-0.2, 0) is 57.5 Å². The maximum atomic E-state index is 13.8. The van der Waals surface area contributed by atoms with E-state index < -0.39 is 152 Å². The number of likely N-dealkylation sites (tertiary alicyclic amines) is 4. The number of hydrogen-bond donors (Lipinski definition) is 11. The minimum absolute atomic E-state index is 0.101. The lowest BCUT2D eigenvalue weighted by atomic mass is 10.1. The molecule has 0 aromatic rings. The van der Waals surface area contributed by atoms with Crippen LogP contribution >= 0.6 is 0 Å². The van der Waals surface area contributed by atoms with Crippen molar-refractivity contribution < 1.29 is 78.0 Å². The van der Waals surface area contributed by atoms with Gasteiger partial charge in [0.2, 0.25) is 59.1 Å². The first kappa shape index (κ1) is 53.1. The monoisotopic (exact) mass is 951 g/mol. The van der Waals surface area contributed by atoms with E-state index >= 15 is 0 Å². The molecular weight excluding hydrogens is 891 g/mol. The number of rotatable bonds is 22. The van der Waals surface area contributed by atoms with Crippen molar-refractivity contribution in [2.24, 2.45) is 5.73 Å². The number of nitrogens with one attached hydrogen (secondary N) is 6. The third-order valence-corrected chi connectivity index (χ3v) is 12.0. The van der Waals surface area contributed by atoms with Crippen LogP contribution in [0.2, 0.25) is 0 Å². The van der Waals surface area contributed by atoms with Gasteiger partial charge in [0.05, 0.1) is 38.9 Å². The van der Waals surface area contributed by atoms with Gasteiger partial charge in [-0.15, -0.1) is 0 Å². The highest BCUT2D eigenvalue weighted by molar-refractivity contribution is 5.98. The first-order chi connectivity index (χ1) is 31.8. The summed E-state index contributed by atoms with van der Waals surface area (Å²) in [5, 5.41) is 51.7. The van der Waals surface area contributed by atoms with Crippen molar-refractivity contribution in [3.8, 4) is 0 Å². The molecule has 4 saturated heterocycles. The van der Waals surface area contributed by atoms with Crippen molar-refractivity contribution in [2.75, 3.05) is 59.0 Å². The molecule has 8 atom stereocenters. The van der Waals surface area contributed by atoms with Gasteiger partial charge in [-0.05, 0) is 64.7 Å². The summed E-state index contributed by atoms with van der Waals surface area (Å²) in [7, 11) is 0. The second-order valence-corrected chi connectivity index (χ2v) is 16.7. The molecule has 0 unspecified atom stereocenters. The molecule has 27 heteroatoms. The molecule has 372 valence electrons. The number of nitrogens with zero attached hydrogens (tertiary/aromatic N) is 4. The lowest BCUT2D eigenvalue weighted by molar-refractivity contribution is -0.153. The lowest BCUT2D eigenvalue weighted by Crippen LogP contribution is -2.59. The number of nitrogens with two attached hydrogens (primary N) is 1. The molecule has 4 rings (SSSR count). The molecule has 10 amide bonds. The van der Waals surface area contributed by atoms with Gasteiger partial charge < -0.3 is 77.7 Å². The fraction of sp³-hybridized carbons (Fsp3) is 0.700. The largest absolute Gasteiger partial charge is 0.481 e. The standard InChI is InChI=1S/C40H61N11O16/c1-21(37(63)49-13-3-7-26(49)38(64)50-14-4-8-27(50)39(65)51-15-5-9-28(51)40(66)67)45-30(55)17-44-34(60)23(19-52)46-35(61)24(20-53)47-36(62)25-6-2-12-48(25)31(56)18-42-29(54)16-43-33(59)22(41)10-11-32(57)58/h21-28,52-53H,2-20,41H2,1H3,(H,42,54)(H,43,59)(H,44,60)(H,45,55)(H,46,61)(H,47,62)(H,57,58)(H,66,67)/t21-,22-,23-,24-,25-,26-,27-,28-/m0/s1. The van der Waals surface area contributed by atoms with Gasteiger partial charge in [0.15, 0.2) is 0 Å². The van der Waals surface area contributed by atoms with E-state index in [2.05, 4.69) is 31.9 Å². The molecule has 0 saturated carbocycles. The van der Waals surface area contributed by atoms with Gasteiger partial charge in [-0.2, -0.15) is 0 Å². The van der Waals surface area contributed by atoms with Gasteiger partial charge in [0, 0.05) is 32.6 Å². The number of aliphatic hydroxyl groups excluding tert-OH is 2. The number of carboxylic acids is 2. The van der Waals surface area contributed by atoms with Crippen LogP contribution in [-0.4, -0.2) is 218 Å². The van der Waals surface area contributed by atoms with E-state index in [4.69, 9.17) is 10.8 Å². The van der Waals surface area contributed by atoms with Crippen molar-refractivity contribution in [1.82, 2.24) is 51.5 Å². The van der Waals surface area contributed by atoms with Crippen molar-refractivity contribution in [2.45, 2.75) is 119 Å². The highest BCUT2D eigenvalue weighted by Crippen LogP contribution is 2.29. The Morgan fingerprint density at radius 3 is 1.64 bits per heavy atom. The van der Waals surface area contributed by atoms with E-state index in [0.29, 0.717) is 44.9 Å². The molecule has 0 aromatic carbocycles. The molecule has 12 N–H and O–H groups in total. The summed E-state index contributed by atoms with van der Waals surface area (Å²) in [5.74, 6) is -9.86. The number of aliphatic hydroxyl groups is 2. The maximum absolute atomic E-state index is 13.8. The second kappa shape index (κ2) is 24.9. The SMILES string of the molecule is C[C@H](NC(=O)CNC(=O)[C@H](CO)NC(=O)[C@H](CO)NC(=O)[C@@H]1CCCN1C(=O)CNC(=O)CNC(=O)[C@@H](N)CCC(=O)O)C(=O)N1CCC[C@H]1C(=O)N1CCC[C@H]1C(=O)N1CCC[C@H]1C(=O)O. The summed E-state index contributed by atoms with van der Waals surface area (Å²) in [5.41, 5.74) is 5.59. The highest BCUT2D eigenvalue weighted by Gasteiger charge is 2.46. The average Bonchev–Trinajstić information content (AvgIpc) is 4.15. The van der Waals surface area contributed by atoms with E-state index in [1.54, 1.807) is 0 Å². The zero-order chi connectivity index (χ0) is 49.5. The molecule has 4 aliphatic heterocycles. The normalized spacial score (nSPS) is 21.9. The van der Waals surface area contributed by atoms with Crippen LogP contribution in [0.3, 0.4) is 0 Å². The van der Waals surface area contributed by atoms with E-state index in [-0.39, 0.29) is 45.4 Å².